The number of amides is 1. The predicted octanol–water partition coefficient (Wildman–Crippen LogP) is 1.92. The lowest BCUT2D eigenvalue weighted by atomic mass is 10.0. The van der Waals surface area contributed by atoms with Gasteiger partial charge in [-0.25, -0.2) is 4.39 Å². The Labute approximate surface area is 111 Å². The Kier molecular flexibility index (Phi) is 4.37. The van der Waals surface area contributed by atoms with Gasteiger partial charge in [0.1, 0.15) is 11.6 Å². The first-order valence-electron chi connectivity index (χ1n) is 6.63. The Bertz CT molecular complexity index is 465. The van der Waals surface area contributed by atoms with Crippen LogP contribution in [0.2, 0.25) is 0 Å². The van der Waals surface area contributed by atoms with Gasteiger partial charge in [0, 0.05) is 18.2 Å². The summed E-state index contributed by atoms with van der Waals surface area (Å²) in [6.07, 6.45) is 4.92. The van der Waals surface area contributed by atoms with Crippen molar-refractivity contribution < 1.29 is 14.3 Å². The highest BCUT2D eigenvalue weighted by Crippen LogP contribution is 2.19. The van der Waals surface area contributed by atoms with Crippen LogP contribution in [0, 0.1) is 5.82 Å². The normalized spacial score (nSPS) is 23.7. The Morgan fingerprint density at radius 3 is 2.79 bits per heavy atom. The number of hydrogen-bond donors (Lipinski definition) is 3. The number of benzene rings is 1. The Hall–Kier alpha value is -1.62. The smallest absolute Gasteiger partial charge is 0.254 e. The molecule has 0 aliphatic heterocycles. The molecule has 0 heterocycles. The molecule has 104 valence electrons. The van der Waals surface area contributed by atoms with E-state index in [1.54, 1.807) is 0 Å². The lowest BCUT2D eigenvalue weighted by Gasteiger charge is -2.22. The first kappa shape index (κ1) is 13.8. The molecule has 5 heteroatoms. The fourth-order valence-electron chi connectivity index (χ4n) is 2.45. The van der Waals surface area contributed by atoms with E-state index in [4.69, 9.17) is 10.8 Å². The van der Waals surface area contributed by atoms with Gasteiger partial charge in [-0.1, -0.05) is 19.3 Å². The van der Waals surface area contributed by atoms with Crippen molar-refractivity contribution >= 4 is 5.91 Å². The number of phenols is 1. The van der Waals surface area contributed by atoms with Crippen molar-refractivity contribution in [1.82, 2.24) is 5.32 Å². The van der Waals surface area contributed by atoms with Crippen LogP contribution in [0.5, 0.6) is 5.75 Å². The minimum atomic E-state index is -0.723. The van der Waals surface area contributed by atoms with E-state index in [0.29, 0.717) is 0 Å². The van der Waals surface area contributed by atoms with Gasteiger partial charge in [0.2, 0.25) is 0 Å². The van der Waals surface area contributed by atoms with Crippen molar-refractivity contribution in [3.63, 3.8) is 0 Å². The molecule has 1 fully saturated rings. The third kappa shape index (κ3) is 3.44. The summed E-state index contributed by atoms with van der Waals surface area (Å²) in [7, 11) is 0. The maximum Gasteiger partial charge on any atom is 0.254 e. The third-order valence-corrected chi connectivity index (χ3v) is 3.58. The Balaban J connectivity index is 2.07. The van der Waals surface area contributed by atoms with Crippen LogP contribution in [0.4, 0.5) is 4.39 Å². The summed E-state index contributed by atoms with van der Waals surface area (Å²) in [5.74, 6) is -1.39. The summed E-state index contributed by atoms with van der Waals surface area (Å²) in [6.45, 7) is 0. The lowest BCUT2D eigenvalue weighted by Crippen LogP contribution is -2.47. The number of nitrogens with one attached hydrogen (secondary N) is 1. The molecule has 1 amide bonds. The van der Waals surface area contributed by atoms with Gasteiger partial charge in [0.25, 0.3) is 5.91 Å². The lowest BCUT2D eigenvalue weighted by molar-refractivity contribution is 0.0924. The summed E-state index contributed by atoms with van der Waals surface area (Å²) in [5, 5.41) is 11.9. The van der Waals surface area contributed by atoms with E-state index in [-0.39, 0.29) is 23.4 Å². The van der Waals surface area contributed by atoms with Crippen molar-refractivity contribution in [2.45, 2.75) is 44.2 Å². The van der Waals surface area contributed by atoms with Crippen LogP contribution in [-0.4, -0.2) is 23.1 Å². The van der Waals surface area contributed by atoms with E-state index < -0.39 is 11.7 Å². The summed E-state index contributed by atoms with van der Waals surface area (Å²) in [4.78, 5) is 12.0. The molecule has 2 rings (SSSR count). The quantitative estimate of drug-likeness (QED) is 0.716. The minimum Gasteiger partial charge on any atom is -0.508 e. The highest BCUT2D eigenvalue weighted by Gasteiger charge is 2.23. The second-order valence-electron chi connectivity index (χ2n) is 5.05. The Morgan fingerprint density at radius 1 is 1.32 bits per heavy atom. The molecule has 1 aromatic rings. The number of rotatable bonds is 2. The molecule has 1 aliphatic rings. The summed E-state index contributed by atoms with van der Waals surface area (Å²) < 4.78 is 13.6. The van der Waals surface area contributed by atoms with Crippen molar-refractivity contribution in [3.05, 3.63) is 29.6 Å². The predicted molar refractivity (Wildman–Crippen MR) is 70.4 cm³/mol. The molecule has 1 saturated carbocycles. The molecule has 0 saturated heterocycles. The van der Waals surface area contributed by atoms with Gasteiger partial charge >= 0.3 is 0 Å². The molecular formula is C14H19FN2O2. The van der Waals surface area contributed by atoms with Crippen molar-refractivity contribution in [1.29, 1.82) is 0 Å². The summed E-state index contributed by atoms with van der Waals surface area (Å²) in [6, 6.07) is 3.32. The van der Waals surface area contributed by atoms with Crippen LogP contribution in [-0.2, 0) is 0 Å². The van der Waals surface area contributed by atoms with Gasteiger partial charge in [0.15, 0.2) is 0 Å². The van der Waals surface area contributed by atoms with Crippen LogP contribution in [0.15, 0.2) is 18.2 Å². The molecule has 0 aromatic heterocycles. The number of carbonyl (C=O) groups excluding carboxylic acids is 1. The molecule has 0 radical (unpaired) electrons. The number of carbonyl (C=O) groups is 1. The fraction of sp³-hybridized carbons (Fsp3) is 0.500. The van der Waals surface area contributed by atoms with E-state index in [2.05, 4.69) is 5.32 Å². The fourth-order valence-corrected chi connectivity index (χ4v) is 2.45. The Morgan fingerprint density at radius 2 is 2.05 bits per heavy atom. The van der Waals surface area contributed by atoms with Crippen LogP contribution >= 0.6 is 0 Å². The zero-order chi connectivity index (χ0) is 13.8. The largest absolute Gasteiger partial charge is 0.508 e. The molecule has 19 heavy (non-hydrogen) atoms. The molecule has 2 atom stereocenters. The van der Waals surface area contributed by atoms with E-state index in [1.165, 1.54) is 12.1 Å². The highest BCUT2D eigenvalue weighted by atomic mass is 19.1. The first-order chi connectivity index (χ1) is 9.08. The zero-order valence-corrected chi connectivity index (χ0v) is 10.7. The molecule has 1 aromatic carbocycles. The highest BCUT2D eigenvalue weighted by molar-refractivity contribution is 5.94. The topological polar surface area (TPSA) is 75.3 Å². The van der Waals surface area contributed by atoms with Crippen LogP contribution in [0.1, 0.15) is 42.5 Å². The molecule has 1 aliphatic carbocycles. The van der Waals surface area contributed by atoms with Crippen LogP contribution in [0.3, 0.4) is 0 Å². The van der Waals surface area contributed by atoms with Gasteiger partial charge in [-0.15, -0.1) is 0 Å². The molecule has 0 spiro atoms. The maximum absolute atomic E-state index is 13.6. The van der Waals surface area contributed by atoms with E-state index in [9.17, 15) is 9.18 Å². The number of hydrogen-bond acceptors (Lipinski definition) is 3. The van der Waals surface area contributed by atoms with Gasteiger partial charge < -0.3 is 16.2 Å². The summed E-state index contributed by atoms with van der Waals surface area (Å²) >= 11 is 0. The zero-order valence-electron chi connectivity index (χ0n) is 10.7. The number of aromatic hydroxyl groups is 1. The van der Waals surface area contributed by atoms with Gasteiger partial charge in [-0.3, -0.25) is 4.79 Å². The van der Waals surface area contributed by atoms with E-state index >= 15 is 0 Å². The summed E-state index contributed by atoms with van der Waals surface area (Å²) in [5.41, 5.74) is 5.96. The number of phenolic OH excluding ortho intramolecular Hbond substituents is 1. The molecule has 0 bridgehead atoms. The number of halogens is 1. The van der Waals surface area contributed by atoms with Gasteiger partial charge in [0.05, 0.1) is 5.56 Å². The van der Waals surface area contributed by atoms with Gasteiger partial charge in [-0.2, -0.15) is 0 Å². The van der Waals surface area contributed by atoms with E-state index in [1.807, 2.05) is 0 Å². The first-order valence-corrected chi connectivity index (χ1v) is 6.63. The van der Waals surface area contributed by atoms with Crippen molar-refractivity contribution in [2.75, 3.05) is 0 Å². The van der Waals surface area contributed by atoms with Gasteiger partial charge in [-0.05, 0) is 25.0 Å². The standard InChI is InChI=1S/C14H19FN2O2/c15-11-8-9(18)6-7-10(11)14(19)17-13-5-3-1-2-4-12(13)16/h6-8,12-13,18H,1-5,16H2,(H,17,19). The molecular weight excluding hydrogens is 247 g/mol. The number of nitrogens with two attached hydrogens (primary N) is 1. The van der Waals surface area contributed by atoms with Crippen molar-refractivity contribution in [2.24, 2.45) is 5.73 Å². The second kappa shape index (κ2) is 6.02. The third-order valence-electron chi connectivity index (χ3n) is 3.58. The molecule has 2 unspecified atom stereocenters. The van der Waals surface area contributed by atoms with E-state index in [0.717, 1.165) is 38.2 Å². The SMILES string of the molecule is NC1CCCCCC1NC(=O)c1ccc(O)cc1F. The van der Waals surface area contributed by atoms with Crippen molar-refractivity contribution in [3.8, 4) is 5.75 Å². The minimum absolute atomic E-state index is 0.0609. The average Bonchev–Trinajstić information content (AvgIpc) is 2.55. The molecule has 4 nitrogen and oxygen atoms in total. The second-order valence-corrected chi connectivity index (χ2v) is 5.05. The van der Waals surface area contributed by atoms with Crippen LogP contribution < -0.4 is 11.1 Å². The van der Waals surface area contributed by atoms with Crippen LogP contribution in [0.25, 0.3) is 0 Å². The maximum atomic E-state index is 13.6. The molecule has 4 N–H and O–H groups in total. The monoisotopic (exact) mass is 266 g/mol. The average molecular weight is 266 g/mol.